The minimum atomic E-state index is -0.492. The van der Waals surface area contributed by atoms with Crippen LogP contribution in [0.2, 0.25) is 0 Å². The fourth-order valence-corrected chi connectivity index (χ4v) is 2.95. The van der Waals surface area contributed by atoms with Crippen molar-refractivity contribution >= 4 is 17.7 Å². The Balaban J connectivity index is 1.63. The maximum absolute atomic E-state index is 11.4. The van der Waals surface area contributed by atoms with Crippen LogP contribution in [-0.2, 0) is 4.74 Å². The van der Waals surface area contributed by atoms with Crippen molar-refractivity contribution in [2.24, 2.45) is 4.99 Å². The van der Waals surface area contributed by atoms with Crippen molar-refractivity contribution in [2.45, 2.75) is 18.9 Å². The maximum Gasteiger partial charge on any atom is 0.326 e. The van der Waals surface area contributed by atoms with E-state index in [-0.39, 0.29) is 17.6 Å². The average Bonchev–Trinajstić information content (AvgIpc) is 3.32. The molecule has 0 bridgehead atoms. The van der Waals surface area contributed by atoms with Crippen molar-refractivity contribution in [2.75, 3.05) is 31.7 Å². The second kappa shape index (κ2) is 6.73. The number of nitrogens with zero attached hydrogens (tertiary/aromatic N) is 6. The first-order valence-electron chi connectivity index (χ1n) is 9.08. The quantitative estimate of drug-likeness (QED) is 0.408. The smallest absolute Gasteiger partial charge is 0.326 e. The van der Waals surface area contributed by atoms with Gasteiger partial charge in [0.15, 0.2) is 5.65 Å². The summed E-state index contributed by atoms with van der Waals surface area (Å²) >= 11 is 0. The molecule has 12 heteroatoms. The van der Waals surface area contributed by atoms with Gasteiger partial charge in [-0.25, -0.2) is 14.8 Å². The van der Waals surface area contributed by atoms with Gasteiger partial charge >= 0.3 is 5.69 Å². The molecule has 1 saturated heterocycles. The van der Waals surface area contributed by atoms with Crippen LogP contribution in [0.4, 0.5) is 5.95 Å². The van der Waals surface area contributed by atoms with Crippen LogP contribution in [-0.4, -0.2) is 72.0 Å². The van der Waals surface area contributed by atoms with Crippen LogP contribution in [0.3, 0.4) is 0 Å². The molecule has 2 fully saturated rings. The Hall–Kier alpha value is -3.25. The molecule has 12 nitrogen and oxygen atoms in total. The first-order chi connectivity index (χ1) is 13.7. The van der Waals surface area contributed by atoms with Gasteiger partial charge in [0, 0.05) is 18.3 Å². The highest BCUT2D eigenvalue weighted by Gasteiger charge is 2.21. The number of H-pyrrole nitrogens is 2. The SMILES string of the molecule is O=c1[nH]c(O)c(C=c2cnn3c(=NC4CC4)nc(NN4CCOCC4)nc23)[nH]1. The summed E-state index contributed by atoms with van der Waals surface area (Å²) in [6, 6.07) is 0.260. The first kappa shape index (κ1) is 16.9. The van der Waals surface area contributed by atoms with Gasteiger partial charge < -0.3 is 14.8 Å². The molecular weight excluding hydrogens is 366 g/mol. The Morgan fingerprint density at radius 1 is 1.29 bits per heavy atom. The van der Waals surface area contributed by atoms with E-state index in [9.17, 15) is 9.90 Å². The summed E-state index contributed by atoms with van der Waals surface area (Å²) in [7, 11) is 0. The van der Waals surface area contributed by atoms with E-state index < -0.39 is 5.69 Å². The Kier molecular flexibility index (Phi) is 4.06. The van der Waals surface area contributed by atoms with Crippen LogP contribution in [0.5, 0.6) is 5.88 Å². The molecule has 3 aromatic rings. The normalized spacial score (nSPS) is 19.6. The van der Waals surface area contributed by atoms with Gasteiger partial charge in [0.2, 0.25) is 11.8 Å². The predicted molar refractivity (Wildman–Crippen MR) is 97.2 cm³/mol. The zero-order valence-corrected chi connectivity index (χ0v) is 14.9. The van der Waals surface area contributed by atoms with Gasteiger partial charge in [-0.05, 0) is 18.9 Å². The largest absolute Gasteiger partial charge is 0.493 e. The van der Waals surface area contributed by atoms with Gasteiger partial charge in [0.05, 0.1) is 25.5 Å². The van der Waals surface area contributed by atoms with Crippen molar-refractivity contribution in [3.8, 4) is 5.88 Å². The number of hydrogen-bond acceptors (Lipinski definition) is 9. The number of fused-ring (bicyclic) bond motifs is 1. The van der Waals surface area contributed by atoms with E-state index in [4.69, 9.17) is 4.74 Å². The fourth-order valence-electron chi connectivity index (χ4n) is 2.95. The lowest BCUT2D eigenvalue weighted by Gasteiger charge is -2.26. The summed E-state index contributed by atoms with van der Waals surface area (Å²) in [6.45, 7) is 2.72. The topological polar surface area (TPSA) is 149 Å². The molecule has 0 aromatic carbocycles. The number of aromatic nitrogens is 6. The van der Waals surface area contributed by atoms with E-state index in [0.717, 1.165) is 25.9 Å². The molecule has 146 valence electrons. The maximum atomic E-state index is 11.4. The van der Waals surface area contributed by atoms with E-state index in [1.54, 1.807) is 16.8 Å². The van der Waals surface area contributed by atoms with E-state index in [2.05, 4.69) is 35.5 Å². The Morgan fingerprint density at radius 3 is 2.82 bits per heavy atom. The molecule has 3 aromatic heterocycles. The fraction of sp³-hybridized carbons (Fsp3) is 0.438. The zero-order valence-electron chi connectivity index (χ0n) is 14.9. The van der Waals surface area contributed by atoms with Crippen molar-refractivity contribution in [1.82, 2.24) is 34.6 Å². The number of aromatic amines is 2. The molecule has 0 amide bonds. The second-order valence-electron chi connectivity index (χ2n) is 6.74. The summed E-state index contributed by atoms with van der Waals surface area (Å²) < 4.78 is 6.93. The number of hydrogen-bond donors (Lipinski definition) is 4. The minimum Gasteiger partial charge on any atom is -0.493 e. The Bertz CT molecular complexity index is 1180. The molecule has 5 rings (SSSR count). The number of aromatic hydroxyl groups is 1. The van der Waals surface area contributed by atoms with Crippen molar-refractivity contribution < 1.29 is 9.84 Å². The van der Waals surface area contributed by atoms with Crippen molar-refractivity contribution in [3.63, 3.8) is 0 Å². The highest BCUT2D eigenvalue weighted by Crippen LogP contribution is 2.22. The molecule has 1 saturated carbocycles. The molecular formula is C16H19N9O3. The molecule has 0 spiro atoms. The van der Waals surface area contributed by atoms with E-state index in [1.807, 2.05) is 5.01 Å². The van der Waals surface area contributed by atoms with Crippen LogP contribution in [0.25, 0.3) is 11.7 Å². The molecule has 4 heterocycles. The summed E-state index contributed by atoms with van der Waals surface area (Å²) in [5.74, 6) is 0.170. The van der Waals surface area contributed by atoms with Gasteiger partial charge in [-0.3, -0.25) is 10.4 Å². The van der Waals surface area contributed by atoms with Gasteiger partial charge in [-0.15, -0.1) is 0 Å². The molecule has 2 aliphatic rings. The van der Waals surface area contributed by atoms with Gasteiger partial charge in [-0.2, -0.15) is 19.6 Å². The second-order valence-corrected chi connectivity index (χ2v) is 6.74. The highest BCUT2D eigenvalue weighted by atomic mass is 16.5. The third-order valence-corrected chi connectivity index (χ3v) is 4.53. The molecule has 28 heavy (non-hydrogen) atoms. The van der Waals surface area contributed by atoms with Crippen LogP contribution in [0, 0.1) is 0 Å². The van der Waals surface area contributed by atoms with Crippen molar-refractivity contribution in [3.05, 3.63) is 33.2 Å². The Morgan fingerprint density at radius 2 is 2.11 bits per heavy atom. The molecule has 4 N–H and O–H groups in total. The zero-order chi connectivity index (χ0) is 19.1. The predicted octanol–water partition coefficient (Wildman–Crippen LogP) is -1.88. The summed E-state index contributed by atoms with van der Waals surface area (Å²) in [4.78, 5) is 29.9. The van der Waals surface area contributed by atoms with E-state index >= 15 is 0 Å². The number of nitrogens with one attached hydrogen (secondary N) is 3. The number of imidazole rings is 1. The molecule has 0 unspecified atom stereocenters. The van der Waals surface area contributed by atoms with Crippen LogP contribution in [0.15, 0.2) is 16.0 Å². The van der Waals surface area contributed by atoms with Crippen LogP contribution >= 0.6 is 0 Å². The van der Waals surface area contributed by atoms with Crippen LogP contribution in [0.1, 0.15) is 18.5 Å². The first-order valence-corrected chi connectivity index (χ1v) is 9.08. The van der Waals surface area contributed by atoms with Crippen molar-refractivity contribution in [1.29, 1.82) is 0 Å². The molecule has 0 radical (unpaired) electrons. The Labute approximate surface area is 157 Å². The van der Waals surface area contributed by atoms with Gasteiger partial charge in [-0.1, -0.05) is 0 Å². The lowest BCUT2D eigenvalue weighted by atomic mass is 10.3. The lowest BCUT2D eigenvalue weighted by molar-refractivity contribution is 0.0492. The molecule has 0 atom stereocenters. The number of anilines is 1. The lowest BCUT2D eigenvalue weighted by Crippen LogP contribution is -2.41. The minimum absolute atomic E-state index is 0.243. The highest BCUT2D eigenvalue weighted by molar-refractivity contribution is 5.57. The summed E-state index contributed by atoms with van der Waals surface area (Å²) in [6.07, 6.45) is 5.27. The van der Waals surface area contributed by atoms with E-state index in [1.165, 1.54) is 0 Å². The van der Waals surface area contributed by atoms with E-state index in [0.29, 0.717) is 35.6 Å². The third kappa shape index (κ3) is 3.34. The number of hydrazine groups is 1. The third-order valence-electron chi connectivity index (χ3n) is 4.53. The standard InChI is InChI=1S/C16H19N9O3/c26-13-11(19-16(27)21-13)7-9-8-17-25-12(9)20-14(22-15(25)18-10-1-2-10)23-24-3-5-28-6-4-24/h7-8,10,26H,1-6H2,(H,18,22,23)(H2,19,21,27). The number of rotatable bonds is 4. The summed E-state index contributed by atoms with van der Waals surface area (Å²) in [5, 5.41) is 16.8. The number of morpholine rings is 1. The monoisotopic (exact) mass is 385 g/mol. The molecule has 1 aliphatic carbocycles. The summed E-state index contributed by atoms with van der Waals surface area (Å²) in [5.41, 5.74) is 3.95. The average molecular weight is 385 g/mol. The van der Waals surface area contributed by atoms with Gasteiger partial charge in [0.25, 0.3) is 5.62 Å². The molecule has 1 aliphatic heterocycles. The number of ether oxygens (including phenoxy) is 1. The van der Waals surface area contributed by atoms with Gasteiger partial charge in [0.1, 0.15) is 5.69 Å². The van der Waals surface area contributed by atoms with Crippen LogP contribution < -0.4 is 22.0 Å².